The number of fused-ring (bicyclic) bond motifs is 2. The van der Waals surface area contributed by atoms with Gasteiger partial charge in [-0.2, -0.15) is 0 Å². The smallest absolute Gasteiger partial charge is 0.261 e. The summed E-state index contributed by atoms with van der Waals surface area (Å²) in [5, 5.41) is 6.11. The molecule has 0 spiro atoms. The maximum absolute atomic E-state index is 12.9. The van der Waals surface area contributed by atoms with Crippen molar-refractivity contribution in [1.29, 1.82) is 0 Å². The minimum absolute atomic E-state index is 0.0326. The van der Waals surface area contributed by atoms with Gasteiger partial charge in [-0.1, -0.05) is 12.8 Å². The van der Waals surface area contributed by atoms with E-state index in [0.29, 0.717) is 40.8 Å². The summed E-state index contributed by atoms with van der Waals surface area (Å²) < 4.78 is 1.79. The Labute approximate surface area is 180 Å². The van der Waals surface area contributed by atoms with E-state index in [1.165, 1.54) is 0 Å². The number of nitrogens with zero attached hydrogens (tertiary/aromatic N) is 2. The topological polar surface area (TPSA) is 93.1 Å². The van der Waals surface area contributed by atoms with Gasteiger partial charge in [0.05, 0.1) is 10.9 Å². The number of carbonyl (C=O) groups excluding carboxylic acids is 2. The number of hydrogen-bond acceptors (Lipinski definition) is 4. The molecule has 2 N–H and O–H groups in total. The number of nitrogens with one attached hydrogen (secondary N) is 2. The zero-order valence-electron chi connectivity index (χ0n) is 17.6. The number of aromatic nitrogens is 2. The van der Waals surface area contributed by atoms with Gasteiger partial charge < -0.3 is 10.6 Å². The van der Waals surface area contributed by atoms with Crippen LogP contribution in [0.4, 0.5) is 5.69 Å². The van der Waals surface area contributed by atoms with E-state index in [2.05, 4.69) is 10.6 Å². The molecule has 0 unspecified atom stereocenters. The van der Waals surface area contributed by atoms with Crippen LogP contribution in [0.15, 0.2) is 47.3 Å². The number of benzene rings is 2. The summed E-state index contributed by atoms with van der Waals surface area (Å²) in [6.07, 6.45) is 5.06. The fourth-order valence-corrected chi connectivity index (χ4v) is 3.91. The molecule has 2 amide bonds. The van der Waals surface area contributed by atoms with Crippen molar-refractivity contribution in [3.8, 4) is 0 Å². The zero-order chi connectivity index (χ0) is 21.8. The SMILES string of the molecule is CCNC(=O)c1ccc(NC(=O)c2ccc3c(=O)n4c(nc3c2)CCCCCC4)cc1. The average molecular weight is 418 g/mol. The van der Waals surface area contributed by atoms with Crippen LogP contribution in [0.3, 0.4) is 0 Å². The largest absolute Gasteiger partial charge is 0.352 e. The molecule has 3 aromatic rings. The molecule has 31 heavy (non-hydrogen) atoms. The third-order valence-corrected chi connectivity index (χ3v) is 5.57. The number of carbonyl (C=O) groups is 2. The molecule has 0 saturated carbocycles. The Balaban J connectivity index is 1.58. The lowest BCUT2D eigenvalue weighted by atomic mass is 10.1. The number of aryl methyl sites for hydroxylation is 1. The van der Waals surface area contributed by atoms with E-state index in [9.17, 15) is 14.4 Å². The summed E-state index contributed by atoms with van der Waals surface area (Å²) in [6.45, 7) is 3.11. The van der Waals surface area contributed by atoms with Crippen LogP contribution in [-0.2, 0) is 13.0 Å². The Morgan fingerprint density at radius 2 is 1.71 bits per heavy atom. The Kier molecular flexibility index (Phi) is 6.11. The van der Waals surface area contributed by atoms with Crippen molar-refractivity contribution in [2.75, 3.05) is 11.9 Å². The van der Waals surface area contributed by atoms with Crippen molar-refractivity contribution in [2.24, 2.45) is 0 Å². The molecule has 2 aromatic carbocycles. The molecule has 7 nitrogen and oxygen atoms in total. The first kappa shape index (κ1) is 20.8. The van der Waals surface area contributed by atoms with Crippen LogP contribution < -0.4 is 16.2 Å². The molecule has 160 valence electrons. The Hall–Kier alpha value is -3.48. The van der Waals surface area contributed by atoms with Crippen molar-refractivity contribution >= 4 is 28.4 Å². The Morgan fingerprint density at radius 1 is 0.968 bits per heavy atom. The van der Waals surface area contributed by atoms with Gasteiger partial charge in [0.25, 0.3) is 17.4 Å². The Morgan fingerprint density at radius 3 is 2.48 bits per heavy atom. The monoisotopic (exact) mass is 418 g/mol. The molecule has 0 saturated heterocycles. The first-order valence-corrected chi connectivity index (χ1v) is 10.8. The minimum Gasteiger partial charge on any atom is -0.352 e. The van der Waals surface area contributed by atoms with Crippen molar-refractivity contribution in [2.45, 2.75) is 45.6 Å². The van der Waals surface area contributed by atoms with Gasteiger partial charge in [-0.3, -0.25) is 19.0 Å². The van der Waals surface area contributed by atoms with E-state index >= 15 is 0 Å². The maximum Gasteiger partial charge on any atom is 0.261 e. The van der Waals surface area contributed by atoms with E-state index in [0.717, 1.165) is 37.9 Å². The normalized spacial score (nSPS) is 13.7. The van der Waals surface area contributed by atoms with Crippen LogP contribution >= 0.6 is 0 Å². The summed E-state index contributed by atoms with van der Waals surface area (Å²) in [7, 11) is 0. The van der Waals surface area contributed by atoms with Crippen LogP contribution in [0, 0.1) is 0 Å². The van der Waals surface area contributed by atoms with Gasteiger partial charge >= 0.3 is 0 Å². The molecule has 4 rings (SSSR count). The summed E-state index contributed by atoms with van der Waals surface area (Å²) in [6, 6.07) is 11.7. The van der Waals surface area contributed by atoms with Gasteiger partial charge in [0.1, 0.15) is 5.82 Å². The molecule has 7 heteroatoms. The lowest BCUT2D eigenvalue weighted by Crippen LogP contribution is -2.26. The predicted octanol–water partition coefficient (Wildman–Crippen LogP) is 3.52. The molecule has 0 fully saturated rings. The summed E-state index contributed by atoms with van der Waals surface area (Å²) in [5.74, 6) is 0.360. The molecule has 0 atom stereocenters. The van der Waals surface area contributed by atoms with E-state index in [-0.39, 0.29) is 17.4 Å². The van der Waals surface area contributed by atoms with E-state index < -0.39 is 0 Å². The first-order valence-electron chi connectivity index (χ1n) is 10.8. The second kappa shape index (κ2) is 9.12. The van der Waals surface area contributed by atoms with Crippen molar-refractivity contribution in [3.05, 3.63) is 69.8 Å². The highest BCUT2D eigenvalue weighted by atomic mass is 16.2. The highest BCUT2D eigenvalue weighted by Gasteiger charge is 2.15. The molecular formula is C24H26N4O3. The second-order valence-corrected chi connectivity index (χ2v) is 7.77. The predicted molar refractivity (Wildman–Crippen MR) is 121 cm³/mol. The quantitative estimate of drug-likeness (QED) is 0.678. The van der Waals surface area contributed by atoms with Crippen molar-refractivity contribution < 1.29 is 9.59 Å². The van der Waals surface area contributed by atoms with E-state index in [4.69, 9.17) is 4.98 Å². The summed E-state index contributed by atoms with van der Waals surface area (Å²) >= 11 is 0. The lowest BCUT2D eigenvalue weighted by molar-refractivity contribution is 0.0955. The van der Waals surface area contributed by atoms with Crippen LogP contribution in [0.1, 0.15) is 59.1 Å². The van der Waals surface area contributed by atoms with E-state index in [1.54, 1.807) is 47.0 Å². The highest BCUT2D eigenvalue weighted by molar-refractivity contribution is 6.06. The molecular weight excluding hydrogens is 392 g/mol. The fraction of sp³-hybridized carbons (Fsp3) is 0.333. The third kappa shape index (κ3) is 4.50. The first-order chi connectivity index (χ1) is 15.1. The maximum atomic E-state index is 12.9. The zero-order valence-corrected chi connectivity index (χ0v) is 17.6. The Bertz CT molecular complexity index is 1180. The number of hydrogen-bond donors (Lipinski definition) is 2. The molecule has 1 aliphatic rings. The number of anilines is 1. The van der Waals surface area contributed by atoms with Gasteiger partial charge in [0.2, 0.25) is 0 Å². The number of rotatable bonds is 4. The second-order valence-electron chi connectivity index (χ2n) is 7.77. The van der Waals surface area contributed by atoms with Gasteiger partial charge in [0.15, 0.2) is 0 Å². The molecule has 0 radical (unpaired) electrons. The minimum atomic E-state index is -0.290. The van der Waals surface area contributed by atoms with Crippen LogP contribution in [0.5, 0.6) is 0 Å². The lowest BCUT2D eigenvalue weighted by Gasteiger charge is -2.16. The van der Waals surface area contributed by atoms with Crippen LogP contribution in [0.2, 0.25) is 0 Å². The standard InChI is InChI=1S/C24H26N4O3/c1-2-25-22(29)16-8-11-18(12-9-16)26-23(30)17-10-13-19-20(15-17)27-21-7-5-3-4-6-14-28(21)24(19)31/h8-13,15H,2-7,14H2,1H3,(H,25,29)(H,26,30). The molecule has 1 aromatic heterocycles. The van der Waals surface area contributed by atoms with E-state index in [1.807, 2.05) is 6.92 Å². The number of amides is 2. The molecule has 1 aliphatic heterocycles. The molecule has 0 aliphatic carbocycles. The average Bonchev–Trinajstić information content (AvgIpc) is 2.75. The van der Waals surface area contributed by atoms with Crippen molar-refractivity contribution in [1.82, 2.24) is 14.9 Å². The molecule has 2 heterocycles. The van der Waals surface area contributed by atoms with Crippen LogP contribution in [0.25, 0.3) is 10.9 Å². The van der Waals surface area contributed by atoms with Crippen LogP contribution in [-0.4, -0.2) is 27.9 Å². The van der Waals surface area contributed by atoms with Gasteiger partial charge in [0, 0.05) is 36.3 Å². The van der Waals surface area contributed by atoms with Gasteiger partial charge in [-0.25, -0.2) is 4.98 Å². The molecule has 0 bridgehead atoms. The highest BCUT2D eigenvalue weighted by Crippen LogP contribution is 2.18. The van der Waals surface area contributed by atoms with Gasteiger partial charge in [-0.05, 0) is 62.2 Å². The summed E-state index contributed by atoms with van der Waals surface area (Å²) in [4.78, 5) is 42.3. The summed E-state index contributed by atoms with van der Waals surface area (Å²) in [5.41, 5.74) is 2.07. The third-order valence-electron chi connectivity index (χ3n) is 5.57. The van der Waals surface area contributed by atoms with Crippen molar-refractivity contribution in [3.63, 3.8) is 0 Å². The fourth-order valence-electron chi connectivity index (χ4n) is 3.91. The van der Waals surface area contributed by atoms with Gasteiger partial charge in [-0.15, -0.1) is 0 Å².